The third-order valence-electron chi connectivity index (χ3n) is 5.95. The number of nitrogens with zero attached hydrogens (tertiary/aromatic N) is 4. The number of rotatable bonds is 10. The summed E-state index contributed by atoms with van der Waals surface area (Å²) in [4.78, 5) is 21.9. The van der Waals surface area contributed by atoms with E-state index in [0.717, 1.165) is 15.3 Å². The Kier molecular flexibility index (Phi) is 8.34. The summed E-state index contributed by atoms with van der Waals surface area (Å²) in [5.74, 6) is -0.103. The molecule has 9 nitrogen and oxygen atoms in total. The van der Waals surface area contributed by atoms with Gasteiger partial charge < -0.3 is 19.3 Å². The number of fused-ring (bicyclic) bond motifs is 1. The maximum absolute atomic E-state index is 13.1. The van der Waals surface area contributed by atoms with E-state index in [-0.39, 0.29) is 37.1 Å². The lowest BCUT2D eigenvalue weighted by Crippen LogP contribution is -2.48. The molecule has 11 heteroatoms. The topological polar surface area (TPSA) is 92.3 Å². The van der Waals surface area contributed by atoms with Crippen LogP contribution in [0.25, 0.3) is 10.2 Å². The second-order valence-electron chi connectivity index (χ2n) is 8.16. The molecule has 0 unspecified atom stereocenters. The van der Waals surface area contributed by atoms with E-state index in [9.17, 15) is 13.2 Å². The highest BCUT2D eigenvalue weighted by atomic mass is 32.2. The van der Waals surface area contributed by atoms with Crippen molar-refractivity contribution >= 4 is 42.6 Å². The number of para-hydroxylation sites is 1. The van der Waals surface area contributed by atoms with Crippen molar-refractivity contribution in [3.8, 4) is 0 Å². The van der Waals surface area contributed by atoms with Crippen LogP contribution in [0, 0.1) is 0 Å². The summed E-state index contributed by atoms with van der Waals surface area (Å²) in [6.45, 7) is 3.57. The third-order valence-corrected chi connectivity index (χ3v) is 8.96. The molecule has 3 aromatic rings. The van der Waals surface area contributed by atoms with Crippen molar-refractivity contribution in [1.29, 1.82) is 0 Å². The minimum atomic E-state index is -3.73. The lowest BCUT2D eigenvalue weighted by molar-refractivity contribution is 0.0746. The molecule has 0 spiro atoms. The zero-order valence-electron chi connectivity index (χ0n) is 19.9. The van der Waals surface area contributed by atoms with E-state index in [1.807, 2.05) is 18.2 Å². The highest BCUT2D eigenvalue weighted by Gasteiger charge is 2.26. The van der Waals surface area contributed by atoms with Gasteiger partial charge in [-0.15, -0.1) is 0 Å². The van der Waals surface area contributed by atoms with Gasteiger partial charge in [0.25, 0.3) is 5.91 Å². The molecule has 4 rings (SSSR count). The Morgan fingerprint density at radius 3 is 2.20 bits per heavy atom. The van der Waals surface area contributed by atoms with Crippen molar-refractivity contribution in [2.45, 2.75) is 4.90 Å². The number of piperazine rings is 1. The van der Waals surface area contributed by atoms with E-state index in [1.165, 1.54) is 30.7 Å². The number of thiazole rings is 1. The van der Waals surface area contributed by atoms with Crippen molar-refractivity contribution in [1.82, 2.24) is 14.2 Å². The second kappa shape index (κ2) is 11.4. The molecular formula is C24H30N4O5S2. The number of amides is 1. The first kappa shape index (κ1) is 25.5. The fraction of sp³-hybridized carbons (Fsp3) is 0.417. The number of aromatic nitrogens is 1. The SMILES string of the molecule is COCCN(CCOC)S(=O)(=O)c1ccc(C(=O)N2CCN(c3nc4ccccc4s3)CC2)cc1. The highest BCUT2D eigenvalue weighted by Crippen LogP contribution is 2.29. The number of sulfonamides is 1. The number of ether oxygens (including phenoxy) is 2. The maximum atomic E-state index is 13.1. The molecule has 1 aliphatic rings. The Hall–Kier alpha value is -2.57. The summed E-state index contributed by atoms with van der Waals surface area (Å²) in [6, 6.07) is 14.2. The van der Waals surface area contributed by atoms with Gasteiger partial charge in [-0.3, -0.25) is 4.79 Å². The van der Waals surface area contributed by atoms with Crippen LogP contribution >= 0.6 is 11.3 Å². The monoisotopic (exact) mass is 518 g/mol. The molecule has 0 radical (unpaired) electrons. The predicted molar refractivity (Wildman–Crippen MR) is 137 cm³/mol. The third kappa shape index (κ3) is 5.81. The van der Waals surface area contributed by atoms with Crippen LogP contribution in [0.3, 0.4) is 0 Å². The van der Waals surface area contributed by atoms with E-state index in [1.54, 1.807) is 28.4 Å². The van der Waals surface area contributed by atoms with E-state index >= 15 is 0 Å². The molecule has 1 saturated heterocycles. The van der Waals surface area contributed by atoms with E-state index in [2.05, 4.69) is 11.0 Å². The molecular weight excluding hydrogens is 488 g/mol. The minimum Gasteiger partial charge on any atom is -0.383 e. The normalized spacial score (nSPS) is 14.7. The van der Waals surface area contributed by atoms with Crippen LogP contribution < -0.4 is 4.90 Å². The molecule has 1 aromatic heterocycles. The smallest absolute Gasteiger partial charge is 0.253 e. The number of hydrogen-bond acceptors (Lipinski definition) is 8. The van der Waals surface area contributed by atoms with Gasteiger partial charge >= 0.3 is 0 Å². The molecule has 1 fully saturated rings. The minimum absolute atomic E-state index is 0.103. The number of anilines is 1. The quantitative estimate of drug-likeness (QED) is 0.407. The molecule has 0 N–H and O–H groups in total. The van der Waals surface area contributed by atoms with Crippen molar-refractivity contribution in [2.24, 2.45) is 0 Å². The van der Waals surface area contributed by atoms with Crippen LogP contribution in [-0.2, 0) is 19.5 Å². The molecule has 188 valence electrons. The van der Waals surface area contributed by atoms with Crippen LogP contribution in [0.1, 0.15) is 10.4 Å². The largest absolute Gasteiger partial charge is 0.383 e. The van der Waals surface area contributed by atoms with Crippen LogP contribution in [0.2, 0.25) is 0 Å². The lowest BCUT2D eigenvalue weighted by atomic mass is 10.2. The second-order valence-corrected chi connectivity index (χ2v) is 11.1. The molecule has 0 atom stereocenters. The first-order valence-corrected chi connectivity index (χ1v) is 13.7. The Morgan fingerprint density at radius 2 is 1.60 bits per heavy atom. The van der Waals surface area contributed by atoms with Gasteiger partial charge in [-0.25, -0.2) is 13.4 Å². The summed E-state index contributed by atoms with van der Waals surface area (Å²) in [5, 5.41) is 0.972. The van der Waals surface area contributed by atoms with Crippen molar-refractivity contribution in [3.63, 3.8) is 0 Å². The van der Waals surface area contributed by atoms with Crippen LogP contribution in [0.15, 0.2) is 53.4 Å². The molecule has 0 bridgehead atoms. The maximum Gasteiger partial charge on any atom is 0.253 e. The Labute approximate surface area is 209 Å². The van der Waals surface area contributed by atoms with Gasteiger partial charge in [0.05, 0.1) is 28.3 Å². The van der Waals surface area contributed by atoms with Crippen LogP contribution in [0.5, 0.6) is 0 Å². The first-order valence-electron chi connectivity index (χ1n) is 11.4. The van der Waals surface area contributed by atoms with Crippen molar-refractivity contribution < 1.29 is 22.7 Å². The molecule has 1 aliphatic heterocycles. The number of methoxy groups -OCH3 is 2. The molecule has 2 aromatic carbocycles. The summed E-state index contributed by atoms with van der Waals surface area (Å²) >= 11 is 1.66. The van der Waals surface area contributed by atoms with Gasteiger partial charge in [0.1, 0.15) is 0 Å². The average Bonchev–Trinajstić information content (AvgIpc) is 3.33. The molecule has 1 amide bonds. The Bertz CT molecular complexity index is 1200. The molecule has 0 aliphatic carbocycles. The summed E-state index contributed by atoms with van der Waals surface area (Å²) in [5.41, 5.74) is 1.46. The van der Waals surface area contributed by atoms with Crippen LogP contribution in [0.4, 0.5) is 5.13 Å². The standard InChI is InChI=1S/C24H30N4O5S2/c1-32-17-15-28(16-18-33-2)35(30,31)20-9-7-19(8-10-20)23(29)26-11-13-27(14-12-26)24-25-21-5-3-4-6-22(21)34-24/h3-10H,11-18H2,1-2H3. The van der Waals surface area contributed by atoms with E-state index < -0.39 is 10.0 Å². The van der Waals surface area contributed by atoms with E-state index in [0.29, 0.717) is 31.7 Å². The zero-order valence-corrected chi connectivity index (χ0v) is 21.6. The number of carbonyl (C=O) groups is 1. The zero-order chi connectivity index (χ0) is 24.8. The Morgan fingerprint density at radius 1 is 0.971 bits per heavy atom. The van der Waals surface area contributed by atoms with Crippen LogP contribution in [-0.4, -0.2) is 95.2 Å². The fourth-order valence-corrected chi connectivity index (χ4v) is 6.36. The highest BCUT2D eigenvalue weighted by molar-refractivity contribution is 7.89. The molecule has 0 saturated carbocycles. The number of hydrogen-bond donors (Lipinski definition) is 0. The number of carbonyl (C=O) groups excluding carboxylic acids is 1. The Balaban J connectivity index is 1.39. The van der Waals surface area contributed by atoms with Gasteiger partial charge in [-0.1, -0.05) is 23.5 Å². The van der Waals surface area contributed by atoms with Crippen molar-refractivity contribution in [3.05, 3.63) is 54.1 Å². The first-order chi connectivity index (χ1) is 16.9. The van der Waals surface area contributed by atoms with Crippen molar-refractivity contribution in [2.75, 3.05) is 71.6 Å². The summed E-state index contributed by atoms with van der Waals surface area (Å²) in [6.07, 6.45) is 0. The van der Waals surface area contributed by atoms with Gasteiger partial charge in [0.2, 0.25) is 10.0 Å². The summed E-state index contributed by atoms with van der Waals surface area (Å²) in [7, 11) is -0.670. The summed E-state index contributed by atoms with van der Waals surface area (Å²) < 4.78 is 38.7. The van der Waals surface area contributed by atoms with Gasteiger partial charge in [0, 0.05) is 59.1 Å². The van der Waals surface area contributed by atoms with Gasteiger partial charge in [0.15, 0.2) is 5.13 Å². The van der Waals surface area contributed by atoms with Gasteiger partial charge in [-0.05, 0) is 36.4 Å². The van der Waals surface area contributed by atoms with Gasteiger partial charge in [-0.2, -0.15) is 4.31 Å². The predicted octanol–water partition coefficient (Wildman–Crippen LogP) is 2.54. The molecule has 2 heterocycles. The lowest BCUT2D eigenvalue weighted by Gasteiger charge is -2.34. The average molecular weight is 519 g/mol. The fourth-order valence-electron chi connectivity index (χ4n) is 3.94. The number of benzene rings is 2. The molecule has 35 heavy (non-hydrogen) atoms. The van der Waals surface area contributed by atoms with E-state index in [4.69, 9.17) is 14.5 Å².